The van der Waals surface area contributed by atoms with Crippen LogP contribution in [0.15, 0.2) is 22.7 Å². The van der Waals surface area contributed by atoms with E-state index in [1.54, 1.807) is 0 Å². The molecule has 2 aromatic rings. The van der Waals surface area contributed by atoms with Gasteiger partial charge in [0.05, 0.1) is 13.1 Å². The van der Waals surface area contributed by atoms with Crippen molar-refractivity contribution < 1.29 is 4.52 Å². The van der Waals surface area contributed by atoms with E-state index in [4.69, 9.17) is 10.3 Å². The maximum absolute atomic E-state index is 5.47. The summed E-state index contributed by atoms with van der Waals surface area (Å²) in [7, 11) is 2.06. The van der Waals surface area contributed by atoms with Crippen molar-refractivity contribution in [2.24, 2.45) is 5.73 Å². The van der Waals surface area contributed by atoms with Gasteiger partial charge >= 0.3 is 0 Å². The van der Waals surface area contributed by atoms with Crippen molar-refractivity contribution in [2.75, 3.05) is 7.05 Å². The van der Waals surface area contributed by atoms with Gasteiger partial charge in [-0.1, -0.05) is 28.9 Å². The minimum Gasteiger partial charge on any atom is -0.338 e. The average Bonchev–Trinajstić information content (AvgIpc) is 2.88. The summed E-state index contributed by atoms with van der Waals surface area (Å²) in [5.41, 5.74) is 9.37. The molecule has 2 rings (SSSR count). The van der Waals surface area contributed by atoms with Gasteiger partial charge in [0.15, 0.2) is 5.82 Å². The van der Waals surface area contributed by atoms with Gasteiger partial charge in [0.1, 0.15) is 0 Å². The van der Waals surface area contributed by atoms with Crippen molar-refractivity contribution in [3.8, 4) is 0 Å². The van der Waals surface area contributed by atoms with Crippen LogP contribution < -0.4 is 5.73 Å². The zero-order valence-corrected chi connectivity index (χ0v) is 13.8. The van der Waals surface area contributed by atoms with E-state index in [0.717, 1.165) is 0 Å². The first kappa shape index (κ1) is 17.6. The molecular formula is C15H23ClN4O. The van der Waals surface area contributed by atoms with Gasteiger partial charge in [-0.05, 0) is 38.9 Å². The number of hydrogen-bond acceptors (Lipinski definition) is 5. The molecule has 1 heterocycles. The third-order valence-corrected chi connectivity index (χ3v) is 3.62. The molecule has 1 atom stereocenters. The number of rotatable bonds is 5. The van der Waals surface area contributed by atoms with Crippen LogP contribution in [0.1, 0.15) is 41.4 Å². The van der Waals surface area contributed by atoms with Crippen molar-refractivity contribution >= 4 is 12.4 Å². The van der Waals surface area contributed by atoms with E-state index in [9.17, 15) is 0 Å². The summed E-state index contributed by atoms with van der Waals surface area (Å²) in [6.07, 6.45) is 0. The number of nitrogens with two attached hydrogens (primary N) is 1. The van der Waals surface area contributed by atoms with Gasteiger partial charge in [0, 0.05) is 6.04 Å². The number of aryl methyl sites for hydroxylation is 2. The molecule has 0 spiro atoms. The molecule has 0 amide bonds. The molecule has 0 saturated carbocycles. The van der Waals surface area contributed by atoms with Crippen LogP contribution >= 0.6 is 12.4 Å². The van der Waals surface area contributed by atoms with Gasteiger partial charge in [-0.3, -0.25) is 4.90 Å². The molecule has 0 fully saturated rings. The fourth-order valence-corrected chi connectivity index (χ4v) is 2.24. The van der Waals surface area contributed by atoms with E-state index in [1.807, 2.05) is 0 Å². The van der Waals surface area contributed by atoms with Gasteiger partial charge in [-0.2, -0.15) is 4.98 Å². The molecule has 1 aromatic carbocycles. The van der Waals surface area contributed by atoms with Crippen LogP contribution in [-0.2, 0) is 13.1 Å². The molecule has 6 heteroatoms. The Hall–Kier alpha value is -1.43. The first-order valence-corrected chi connectivity index (χ1v) is 6.80. The fourth-order valence-electron chi connectivity index (χ4n) is 2.24. The minimum absolute atomic E-state index is 0. The van der Waals surface area contributed by atoms with Gasteiger partial charge in [-0.25, -0.2) is 0 Å². The maximum atomic E-state index is 5.47. The Balaban J connectivity index is 0.00000220. The van der Waals surface area contributed by atoms with Crippen molar-refractivity contribution in [1.82, 2.24) is 15.0 Å². The van der Waals surface area contributed by atoms with Crippen molar-refractivity contribution in [1.29, 1.82) is 0 Å². The smallest absolute Gasteiger partial charge is 0.240 e. The highest BCUT2D eigenvalue weighted by Gasteiger charge is 2.16. The molecule has 2 N–H and O–H groups in total. The van der Waals surface area contributed by atoms with Gasteiger partial charge < -0.3 is 10.3 Å². The average molecular weight is 311 g/mol. The number of aromatic nitrogens is 2. The van der Waals surface area contributed by atoms with Crippen LogP contribution in [-0.4, -0.2) is 22.1 Å². The van der Waals surface area contributed by atoms with Crippen LogP contribution in [0.25, 0.3) is 0 Å². The van der Waals surface area contributed by atoms with E-state index >= 15 is 0 Å². The Morgan fingerprint density at radius 1 is 1.33 bits per heavy atom. The zero-order valence-electron chi connectivity index (χ0n) is 13.0. The molecular weight excluding hydrogens is 288 g/mol. The Bertz CT molecular complexity index is 585. The summed E-state index contributed by atoms with van der Waals surface area (Å²) in [6.45, 7) is 7.36. The predicted molar refractivity (Wildman–Crippen MR) is 85.2 cm³/mol. The third-order valence-electron chi connectivity index (χ3n) is 3.62. The van der Waals surface area contributed by atoms with Crippen LogP contribution in [0.2, 0.25) is 0 Å². The lowest BCUT2D eigenvalue weighted by atomic mass is 9.99. The predicted octanol–water partition coefficient (Wildman–Crippen LogP) is 2.76. The van der Waals surface area contributed by atoms with Gasteiger partial charge in [-0.15, -0.1) is 12.4 Å². The zero-order chi connectivity index (χ0) is 14.7. The normalized spacial score (nSPS) is 12.3. The quantitative estimate of drug-likeness (QED) is 0.919. The van der Waals surface area contributed by atoms with Crippen molar-refractivity contribution in [3.05, 3.63) is 46.6 Å². The number of halogens is 1. The number of hydrogen-bond donors (Lipinski definition) is 1. The van der Waals surface area contributed by atoms with Gasteiger partial charge in [0.2, 0.25) is 5.89 Å². The molecule has 116 valence electrons. The Labute approximate surface area is 131 Å². The summed E-state index contributed by atoms with van der Waals surface area (Å²) in [6, 6.07) is 6.82. The van der Waals surface area contributed by atoms with Crippen molar-refractivity contribution in [2.45, 2.75) is 39.9 Å². The molecule has 1 unspecified atom stereocenters. The maximum Gasteiger partial charge on any atom is 0.240 e. The van der Waals surface area contributed by atoms with E-state index in [0.29, 0.717) is 18.3 Å². The SMILES string of the molecule is Cc1ccc(C)c(C(C)N(C)Cc2noc(CN)n2)c1.Cl. The monoisotopic (exact) mass is 310 g/mol. The second kappa shape index (κ2) is 7.54. The molecule has 0 saturated heterocycles. The van der Waals surface area contributed by atoms with E-state index in [-0.39, 0.29) is 25.0 Å². The summed E-state index contributed by atoms with van der Waals surface area (Å²) in [5.74, 6) is 1.15. The summed E-state index contributed by atoms with van der Waals surface area (Å²) < 4.78 is 5.03. The molecule has 0 aliphatic heterocycles. The standard InChI is InChI=1S/C15H22N4O.ClH/c1-10-5-6-11(2)13(7-10)12(3)19(4)9-14-17-15(8-16)20-18-14;/h5-7,12H,8-9,16H2,1-4H3;1H. The Kier molecular flexibility index (Phi) is 6.33. The lowest BCUT2D eigenvalue weighted by Gasteiger charge is -2.25. The van der Waals surface area contributed by atoms with Crippen LogP contribution in [0.5, 0.6) is 0 Å². The minimum atomic E-state index is 0. The number of benzene rings is 1. The van der Waals surface area contributed by atoms with Crippen LogP contribution in [0.3, 0.4) is 0 Å². The highest BCUT2D eigenvalue weighted by Crippen LogP contribution is 2.24. The fraction of sp³-hybridized carbons (Fsp3) is 0.467. The molecule has 21 heavy (non-hydrogen) atoms. The summed E-state index contributed by atoms with van der Waals surface area (Å²) >= 11 is 0. The summed E-state index contributed by atoms with van der Waals surface area (Å²) in [5, 5.41) is 3.94. The second-order valence-corrected chi connectivity index (χ2v) is 5.26. The Morgan fingerprint density at radius 2 is 2.05 bits per heavy atom. The van der Waals surface area contributed by atoms with Crippen LogP contribution in [0.4, 0.5) is 0 Å². The lowest BCUT2D eigenvalue weighted by molar-refractivity contribution is 0.241. The molecule has 0 radical (unpaired) electrons. The Morgan fingerprint density at radius 3 is 2.67 bits per heavy atom. The molecule has 1 aromatic heterocycles. The molecule has 0 aliphatic carbocycles. The van der Waals surface area contributed by atoms with Gasteiger partial charge in [0.25, 0.3) is 0 Å². The molecule has 0 aliphatic rings. The molecule has 5 nitrogen and oxygen atoms in total. The largest absolute Gasteiger partial charge is 0.338 e. The summed E-state index contributed by atoms with van der Waals surface area (Å²) in [4.78, 5) is 6.44. The topological polar surface area (TPSA) is 68.2 Å². The highest BCUT2D eigenvalue weighted by atomic mass is 35.5. The van der Waals surface area contributed by atoms with E-state index in [2.05, 4.69) is 61.1 Å². The molecule has 0 bridgehead atoms. The lowest BCUT2D eigenvalue weighted by Crippen LogP contribution is -2.23. The number of nitrogens with zero attached hydrogens (tertiary/aromatic N) is 3. The van der Waals surface area contributed by atoms with Crippen molar-refractivity contribution in [3.63, 3.8) is 0 Å². The van der Waals surface area contributed by atoms with E-state index < -0.39 is 0 Å². The third kappa shape index (κ3) is 4.27. The second-order valence-electron chi connectivity index (χ2n) is 5.26. The first-order chi connectivity index (χ1) is 9.51. The van der Waals surface area contributed by atoms with E-state index in [1.165, 1.54) is 16.7 Å². The highest BCUT2D eigenvalue weighted by molar-refractivity contribution is 5.85. The van der Waals surface area contributed by atoms with Crippen LogP contribution in [0, 0.1) is 13.8 Å². The first-order valence-electron chi connectivity index (χ1n) is 6.80.